The van der Waals surface area contributed by atoms with Gasteiger partial charge in [0.15, 0.2) is 0 Å². The van der Waals surface area contributed by atoms with Crippen LogP contribution in [0.2, 0.25) is 0 Å². The fraction of sp³-hybridized carbons (Fsp3) is 0.0870. The highest BCUT2D eigenvalue weighted by atomic mass is 19.4. The molecular formula is C23H16F3NO2. The number of hydrogen-bond donors (Lipinski definition) is 1. The van der Waals surface area contributed by atoms with E-state index in [2.05, 4.69) is 0 Å². The molecule has 3 nitrogen and oxygen atoms in total. The van der Waals surface area contributed by atoms with Crippen LogP contribution in [0.3, 0.4) is 0 Å². The topological polar surface area (TPSA) is 42.2 Å². The minimum Gasteiger partial charge on any atom is -0.508 e. The second-order valence-electron chi connectivity index (χ2n) is 6.86. The highest BCUT2D eigenvalue weighted by Gasteiger charge is 2.30. The van der Waals surface area contributed by atoms with Crippen molar-refractivity contribution < 1.29 is 18.3 Å². The highest BCUT2D eigenvalue weighted by molar-refractivity contribution is 5.96. The lowest BCUT2D eigenvalue weighted by Gasteiger charge is -2.14. The van der Waals surface area contributed by atoms with Gasteiger partial charge in [-0.2, -0.15) is 13.2 Å². The number of aromatic nitrogens is 1. The lowest BCUT2D eigenvalue weighted by molar-refractivity contribution is -0.137. The Labute approximate surface area is 164 Å². The number of phenols is 1. The van der Waals surface area contributed by atoms with Gasteiger partial charge in [0.2, 0.25) is 0 Å². The maximum Gasteiger partial charge on any atom is 0.416 e. The van der Waals surface area contributed by atoms with Crippen molar-refractivity contribution in [3.63, 3.8) is 0 Å². The molecule has 1 N–H and O–H groups in total. The summed E-state index contributed by atoms with van der Waals surface area (Å²) in [5.74, 6) is 0.0255. The lowest BCUT2D eigenvalue weighted by atomic mass is 9.99. The van der Waals surface area contributed by atoms with E-state index in [0.717, 1.165) is 23.3 Å². The zero-order valence-electron chi connectivity index (χ0n) is 15.4. The van der Waals surface area contributed by atoms with Crippen LogP contribution in [0.4, 0.5) is 13.2 Å². The van der Waals surface area contributed by atoms with Crippen molar-refractivity contribution in [2.75, 3.05) is 0 Å². The Bertz CT molecular complexity index is 1260. The van der Waals surface area contributed by atoms with Crippen LogP contribution in [0.1, 0.15) is 11.1 Å². The predicted octanol–water partition coefficient (Wildman–Crippen LogP) is 5.69. The van der Waals surface area contributed by atoms with Crippen molar-refractivity contribution >= 4 is 10.8 Å². The third-order valence-corrected chi connectivity index (χ3v) is 4.84. The van der Waals surface area contributed by atoms with Crippen LogP contribution in [-0.4, -0.2) is 9.67 Å². The number of alkyl halides is 3. The van der Waals surface area contributed by atoms with Gasteiger partial charge >= 0.3 is 6.18 Å². The number of aromatic hydroxyl groups is 1. The molecule has 1 aromatic heterocycles. The maximum absolute atomic E-state index is 13.0. The third kappa shape index (κ3) is 3.49. The molecule has 29 heavy (non-hydrogen) atoms. The molecule has 0 unspecified atom stereocenters. The van der Waals surface area contributed by atoms with Crippen LogP contribution in [0.25, 0.3) is 27.6 Å². The van der Waals surface area contributed by atoms with Crippen molar-refractivity contribution in [2.24, 2.45) is 0 Å². The quantitative estimate of drug-likeness (QED) is 0.474. The number of rotatable bonds is 2. The Morgan fingerprint density at radius 3 is 2.14 bits per heavy atom. The first-order chi connectivity index (χ1) is 13.7. The molecular weight excluding hydrogens is 379 g/mol. The van der Waals surface area contributed by atoms with Gasteiger partial charge < -0.3 is 5.11 Å². The van der Waals surface area contributed by atoms with Gasteiger partial charge in [-0.3, -0.25) is 9.36 Å². The predicted molar refractivity (Wildman–Crippen MR) is 106 cm³/mol. The van der Waals surface area contributed by atoms with Gasteiger partial charge in [0.05, 0.1) is 5.56 Å². The molecule has 3 aromatic carbocycles. The average Bonchev–Trinajstić information content (AvgIpc) is 2.68. The number of fused-ring (bicyclic) bond motifs is 1. The van der Waals surface area contributed by atoms with Gasteiger partial charge in [0.1, 0.15) is 5.75 Å². The standard InChI is InChI=1S/C23H16F3NO2/c1-14-2-4-15(5-3-14)21-13-27(17-8-6-16(7-9-17)23(24,25)26)22(29)19-11-10-18(28)12-20(19)21/h2-13,28H,1H3. The number of pyridine rings is 1. The smallest absolute Gasteiger partial charge is 0.416 e. The molecule has 0 bridgehead atoms. The first kappa shape index (κ1) is 18.8. The largest absolute Gasteiger partial charge is 0.508 e. The fourth-order valence-corrected chi connectivity index (χ4v) is 3.29. The van der Waals surface area contributed by atoms with Gasteiger partial charge in [-0.05, 0) is 55.0 Å². The Morgan fingerprint density at radius 1 is 0.862 bits per heavy atom. The summed E-state index contributed by atoms with van der Waals surface area (Å²) >= 11 is 0. The van der Waals surface area contributed by atoms with Gasteiger partial charge in [-0.25, -0.2) is 0 Å². The average molecular weight is 395 g/mol. The van der Waals surface area contributed by atoms with Crippen molar-refractivity contribution in [3.05, 3.63) is 94.4 Å². The molecule has 0 amide bonds. The van der Waals surface area contributed by atoms with Crippen molar-refractivity contribution in [1.82, 2.24) is 4.57 Å². The molecule has 0 radical (unpaired) electrons. The Morgan fingerprint density at radius 2 is 1.52 bits per heavy atom. The number of phenolic OH excluding ortho intramolecular Hbond substituents is 1. The van der Waals surface area contributed by atoms with E-state index in [1.807, 2.05) is 31.2 Å². The normalized spacial score (nSPS) is 11.7. The van der Waals surface area contributed by atoms with Gasteiger partial charge in [0.25, 0.3) is 5.56 Å². The molecule has 0 aliphatic carbocycles. The second kappa shape index (κ2) is 6.81. The second-order valence-corrected chi connectivity index (χ2v) is 6.86. The van der Waals surface area contributed by atoms with E-state index in [1.54, 1.807) is 6.20 Å². The van der Waals surface area contributed by atoms with E-state index in [4.69, 9.17) is 0 Å². The van der Waals surface area contributed by atoms with E-state index in [9.17, 15) is 23.1 Å². The molecule has 4 aromatic rings. The number of nitrogens with zero attached hydrogens (tertiary/aromatic N) is 1. The SMILES string of the molecule is Cc1ccc(-c2cn(-c3ccc(C(F)(F)F)cc3)c(=O)c3ccc(O)cc23)cc1. The van der Waals surface area contributed by atoms with Crippen LogP contribution in [-0.2, 0) is 6.18 Å². The first-order valence-corrected chi connectivity index (χ1v) is 8.87. The molecule has 6 heteroatoms. The zero-order chi connectivity index (χ0) is 20.8. The number of benzene rings is 3. The summed E-state index contributed by atoms with van der Waals surface area (Å²) in [6, 6.07) is 16.6. The molecule has 0 aliphatic rings. The van der Waals surface area contributed by atoms with E-state index < -0.39 is 11.7 Å². The summed E-state index contributed by atoms with van der Waals surface area (Å²) in [6.45, 7) is 1.96. The molecule has 0 aliphatic heterocycles. The van der Waals surface area contributed by atoms with E-state index in [1.165, 1.54) is 34.9 Å². The summed E-state index contributed by atoms with van der Waals surface area (Å²) in [5, 5.41) is 10.8. The molecule has 1 heterocycles. The van der Waals surface area contributed by atoms with Crippen molar-refractivity contribution in [2.45, 2.75) is 13.1 Å². The summed E-state index contributed by atoms with van der Waals surface area (Å²) in [6.07, 6.45) is -2.85. The maximum atomic E-state index is 13.0. The van der Waals surface area contributed by atoms with Gasteiger partial charge in [0, 0.05) is 28.2 Å². The summed E-state index contributed by atoms with van der Waals surface area (Å²) in [5.41, 5.74) is 1.75. The molecule has 0 atom stereocenters. The van der Waals surface area contributed by atoms with E-state index in [-0.39, 0.29) is 11.3 Å². The lowest BCUT2D eigenvalue weighted by Crippen LogP contribution is -2.18. The van der Waals surface area contributed by atoms with E-state index >= 15 is 0 Å². The molecule has 0 spiro atoms. The molecule has 4 rings (SSSR count). The molecule has 0 saturated carbocycles. The number of halogens is 3. The van der Waals surface area contributed by atoms with Gasteiger partial charge in [-0.15, -0.1) is 0 Å². The van der Waals surface area contributed by atoms with Crippen molar-refractivity contribution in [3.8, 4) is 22.6 Å². The number of aryl methyl sites for hydroxylation is 1. The highest BCUT2D eigenvalue weighted by Crippen LogP contribution is 2.32. The minimum atomic E-state index is -4.45. The van der Waals surface area contributed by atoms with Crippen LogP contribution in [0, 0.1) is 6.92 Å². The Hall–Kier alpha value is -3.54. The first-order valence-electron chi connectivity index (χ1n) is 8.87. The van der Waals surface area contributed by atoms with Crippen LogP contribution in [0.5, 0.6) is 5.75 Å². The van der Waals surface area contributed by atoms with Crippen LogP contribution >= 0.6 is 0 Å². The van der Waals surface area contributed by atoms with Crippen LogP contribution in [0.15, 0.2) is 77.7 Å². The summed E-state index contributed by atoms with van der Waals surface area (Å²) in [7, 11) is 0. The van der Waals surface area contributed by atoms with Crippen molar-refractivity contribution in [1.29, 1.82) is 0 Å². The van der Waals surface area contributed by atoms with Crippen LogP contribution < -0.4 is 5.56 Å². The monoisotopic (exact) mass is 395 g/mol. The number of hydrogen-bond acceptors (Lipinski definition) is 2. The zero-order valence-corrected chi connectivity index (χ0v) is 15.4. The Balaban J connectivity index is 1.98. The van der Waals surface area contributed by atoms with E-state index in [0.29, 0.717) is 22.0 Å². The summed E-state index contributed by atoms with van der Waals surface area (Å²) < 4.78 is 39.9. The molecule has 146 valence electrons. The Kier molecular flexibility index (Phi) is 4.42. The molecule has 0 saturated heterocycles. The fourth-order valence-electron chi connectivity index (χ4n) is 3.29. The van der Waals surface area contributed by atoms with Gasteiger partial charge in [-0.1, -0.05) is 29.8 Å². The minimum absolute atomic E-state index is 0.0255. The molecule has 0 fully saturated rings. The summed E-state index contributed by atoms with van der Waals surface area (Å²) in [4.78, 5) is 13.0. The third-order valence-electron chi connectivity index (χ3n) is 4.84.